The number of phenolic OH excluding ortho intramolecular Hbond substituents is 1. The average Bonchev–Trinajstić information content (AvgIpc) is 2.60. The molecule has 0 saturated heterocycles. The highest BCUT2D eigenvalue weighted by Gasteiger charge is 2.25. The van der Waals surface area contributed by atoms with Crippen molar-refractivity contribution in [1.82, 2.24) is 0 Å². The van der Waals surface area contributed by atoms with Gasteiger partial charge >= 0.3 is 5.97 Å². The molecule has 0 amide bonds. The van der Waals surface area contributed by atoms with E-state index in [-0.39, 0.29) is 26.6 Å². The van der Waals surface area contributed by atoms with E-state index in [0.29, 0.717) is 24.2 Å². The highest BCUT2D eigenvalue weighted by Crippen LogP contribution is 2.34. The molecule has 2 aromatic rings. The summed E-state index contributed by atoms with van der Waals surface area (Å²) < 4.78 is 16.2. The molecule has 1 unspecified atom stereocenters. The SMILES string of the molecule is CCOC(=O)Cc1cc(Cc2c(C)cc(C(C)(O)P=O)cc2C)ccc1O. The molecule has 0 aliphatic carbocycles. The topological polar surface area (TPSA) is 83.8 Å². The maximum absolute atomic E-state index is 11.7. The van der Waals surface area contributed by atoms with E-state index in [1.54, 1.807) is 13.0 Å². The van der Waals surface area contributed by atoms with E-state index in [9.17, 15) is 19.6 Å². The van der Waals surface area contributed by atoms with Gasteiger partial charge in [0.2, 0.25) is 0 Å². The van der Waals surface area contributed by atoms with Crippen LogP contribution >= 0.6 is 8.46 Å². The number of aliphatic hydroxyl groups is 1. The normalized spacial score (nSPS) is 13.4. The molecular weight excluding hydrogens is 363 g/mol. The van der Waals surface area contributed by atoms with Crippen LogP contribution in [0.15, 0.2) is 30.3 Å². The second-order valence-electron chi connectivity index (χ2n) is 6.82. The van der Waals surface area contributed by atoms with Crippen molar-refractivity contribution in [2.45, 2.75) is 45.9 Å². The largest absolute Gasteiger partial charge is 0.508 e. The van der Waals surface area contributed by atoms with Crippen LogP contribution in [0.3, 0.4) is 0 Å². The lowest BCUT2D eigenvalue weighted by atomic mass is 9.92. The van der Waals surface area contributed by atoms with Crippen LogP contribution in [0.25, 0.3) is 0 Å². The number of carbonyl (C=O) groups excluding carboxylic acids is 1. The van der Waals surface area contributed by atoms with Crippen molar-refractivity contribution in [3.8, 4) is 5.75 Å². The van der Waals surface area contributed by atoms with Crippen molar-refractivity contribution in [3.05, 3.63) is 63.7 Å². The summed E-state index contributed by atoms with van der Waals surface area (Å²) in [6.07, 6.45) is 0.640. The zero-order valence-electron chi connectivity index (χ0n) is 16.1. The minimum Gasteiger partial charge on any atom is -0.508 e. The van der Waals surface area contributed by atoms with Gasteiger partial charge in [-0.25, -0.2) is 0 Å². The van der Waals surface area contributed by atoms with E-state index >= 15 is 0 Å². The Morgan fingerprint density at radius 3 is 2.37 bits per heavy atom. The Bertz CT molecular complexity index is 835. The first-order valence-corrected chi connectivity index (χ1v) is 9.63. The molecule has 6 heteroatoms. The van der Waals surface area contributed by atoms with Gasteiger partial charge in [-0.3, -0.25) is 9.36 Å². The number of ether oxygens (including phenoxy) is 1. The Kier molecular flexibility index (Phi) is 6.74. The second-order valence-corrected chi connectivity index (χ2v) is 7.88. The van der Waals surface area contributed by atoms with Gasteiger partial charge in [-0.1, -0.05) is 24.3 Å². The molecule has 0 aliphatic heterocycles. The van der Waals surface area contributed by atoms with Crippen molar-refractivity contribution in [1.29, 1.82) is 0 Å². The first-order valence-electron chi connectivity index (χ1n) is 8.81. The van der Waals surface area contributed by atoms with Crippen LogP contribution in [0.4, 0.5) is 0 Å². The first-order chi connectivity index (χ1) is 12.7. The Morgan fingerprint density at radius 2 is 1.81 bits per heavy atom. The van der Waals surface area contributed by atoms with E-state index in [0.717, 1.165) is 22.3 Å². The third-order valence-electron chi connectivity index (χ3n) is 4.59. The number of hydrogen-bond donors (Lipinski definition) is 2. The maximum atomic E-state index is 11.7. The summed E-state index contributed by atoms with van der Waals surface area (Å²) >= 11 is 0. The molecule has 0 spiro atoms. The van der Waals surface area contributed by atoms with Crippen molar-refractivity contribution in [2.24, 2.45) is 0 Å². The molecule has 0 radical (unpaired) electrons. The van der Waals surface area contributed by atoms with Gasteiger partial charge < -0.3 is 14.9 Å². The lowest BCUT2D eigenvalue weighted by Gasteiger charge is -2.19. The van der Waals surface area contributed by atoms with E-state index in [1.165, 1.54) is 6.92 Å². The molecule has 27 heavy (non-hydrogen) atoms. The van der Waals surface area contributed by atoms with Crippen LogP contribution < -0.4 is 0 Å². The van der Waals surface area contributed by atoms with Gasteiger partial charge in [-0.15, -0.1) is 0 Å². The fourth-order valence-electron chi connectivity index (χ4n) is 3.06. The van der Waals surface area contributed by atoms with Crippen LogP contribution in [0.2, 0.25) is 0 Å². The third kappa shape index (κ3) is 5.15. The van der Waals surface area contributed by atoms with Crippen LogP contribution in [0.1, 0.15) is 47.2 Å². The predicted molar refractivity (Wildman–Crippen MR) is 104 cm³/mol. The molecular formula is C21H25O5P. The zero-order chi connectivity index (χ0) is 20.2. The zero-order valence-corrected chi connectivity index (χ0v) is 17.0. The number of aryl methyl sites for hydroxylation is 2. The van der Waals surface area contributed by atoms with Crippen LogP contribution in [-0.4, -0.2) is 22.8 Å². The van der Waals surface area contributed by atoms with Gasteiger partial charge in [0.05, 0.1) is 13.0 Å². The lowest BCUT2D eigenvalue weighted by Crippen LogP contribution is -2.13. The fourth-order valence-corrected chi connectivity index (χ4v) is 3.29. The monoisotopic (exact) mass is 388 g/mol. The van der Waals surface area contributed by atoms with Gasteiger partial charge in [-0.05, 0) is 68.0 Å². The second kappa shape index (κ2) is 8.64. The number of rotatable bonds is 7. The molecule has 0 aromatic heterocycles. The third-order valence-corrected chi connectivity index (χ3v) is 5.20. The molecule has 1 atom stereocenters. The molecule has 2 aromatic carbocycles. The van der Waals surface area contributed by atoms with Crippen LogP contribution in [0.5, 0.6) is 5.75 Å². The van der Waals surface area contributed by atoms with E-state index in [1.807, 2.05) is 38.1 Å². The first kappa shape index (κ1) is 21.1. The number of phenols is 1. The molecule has 0 heterocycles. The lowest BCUT2D eigenvalue weighted by molar-refractivity contribution is -0.142. The number of hydrogen-bond acceptors (Lipinski definition) is 5. The smallest absolute Gasteiger partial charge is 0.310 e. The van der Waals surface area contributed by atoms with Crippen molar-refractivity contribution < 1.29 is 24.3 Å². The molecule has 2 N–H and O–H groups in total. The Balaban J connectivity index is 2.32. The van der Waals surface area contributed by atoms with Crippen molar-refractivity contribution in [3.63, 3.8) is 0 Å². The minimum absolute atomic E-state index is 0.0237. The average molecular weight is 388 g/mol. The number of esters is 1. The summed E-state index contributed by atoms with van der Waals surface area (Å²) in [5.74, 6) is -0.304. The minimum atomic E-state index is -1.42. The Morgan fingerprint density at radius 1 is 1.19 bits per heavy atom. The Labute approximate surface area is 161 Å². The summed E-state index contributed by atoms with van der Waals surface area (Å²) in [6.45, 7) is 7.45. The van der Waals surface area contributed by atoms with E-state index in [4.69, 9.17) is 4.74 Å². The number of benzene rings is 2. The predicted octanol–water partition coefficient (Wildman–Crippen LogP) is 4.16. The Hall–Kier alpha value is -2.23. The van der Waals surface area contributed by atoms with E-state index in [2.05, 4.69) is 0 Å². The van der Waals surface area contributed by atoms with Gasteiger partial charge in [-0.2, -0.15) is 0 Å². The highest BCUT2D eigenvalue weighted by atomic mass is 31.1. The quantitative estimate of drug-likeness (QED) is 0.550. The molecule has 2 rings (SSSR count). The van der Waals surface area contributed by atoms with Crippen molar-refractivity contribution >= 4 is 14.4 Å². The summed E-state index contributed by atoms with van der Waals surface area (Å²) in [7, 11) is -0.346. The molecule has 0 bridgehead atoms. The van der Waals surface area contributed by atoms with Gasteiger partial charge in [0.1, 0.15) is 5.75 Å². The highest BCUT2D eigenvalue weighted by molar-refractivity contribution is 7.25. The van der Waals surface area contributed by atoms with E-state index < -0.39 is 5.34 Å². The summed E-state index contributed by atoms with van der Waals surface area (Å²) in [6, 6.07) is 8.90. The standard InChI is InChI=1S/C21H25O5P/c1-5-26-20(23)12-16-10-15(6-7-19(16)22)11-18-13(2)8-17(9-14(18)3)21(4,24)27-25/h6-10,22,24H,5,11-12H2,1-4H3. The maximum Gasteiger partial charge on any atom is 0.310 e. The molecule has 144 valence electrons. The molecule has 0 saturated carbocycles. The molecule has 0 aliphatic rings. The van der Waals surface area contributed by atoms with Gasteiger partial charge in [0, 0.05) is 5.56 Å². The van der Waals surface area contributed by atoms with Crippen LogP contribution in [0, 0.1) is 13.8 Å². The molecule has 0 fully saturated rings. The number of aromatic hydroxyl groups is 1. The summed E-state index contributed by atoms with van der Waals surface area (Å²) in [5.41, 5.74) is 5.14. The van der Waals surface area contributed by atoms with Crippen molar-refractivity contribution in [2.75, 3.05) is 6.61 Å². The summed E-state index contributed by atoms with van der Waals surface area (Å²) in [5, 5.41) is 18.8. The fraction of sp³-hybridized carbons (Fsp3) is 0.381. The summed E-state index contributed by atoms with van der Waals surface area (Å²) in [4.78, 5) is 11.7. The number of carbonyl (C=O) groups is 1. The van der Waals surface area contributed by atoms with Crippen LogP contribution in [-0.2, 0) is 32.3 Å². The van der Waals surface area contributed by atoms with Gasteiger partial charge in [0.25, 0.3) is 0 Å². The molecule has 5 nitrogen and oxygen atoms in total. The van der Waals surface area contributed by atoms with Gasteiger partial charge in [0.15, 0.2) is 13.8 Å².